The number of para-hydroxylation sites is 1. The molecule has 0 aliphatic carbocycles. The molecule has 164 valence electrons. The van der Waals surface area contributed by atoms with Crippen molar-refractivity contribution in [2.75, 3.05) is 4.90 Å². The largest absolute Gasteiger partial charge is 0.449 e. The molecule has 3 rings (SSSR count). The fourth-order valence-corrected chi connectivity index (χ4v) is 3.63. The minimum atomic E-state index is -0.901. The quantitative estimate of drug-likeness (QED) is 0.697. The standard InChI is InChI=1S/C24H29N3O4/c1-15(2)26-24(30)25-14-18-9-11-19(12-10-18)23(29)31-17(4)22(28)27-16(3)13-20-7-5-6-8-21(20)27/h5-12,15-17H,13-14H2,1-4H3,(H2,25,26,30)/t16-,17+/m1/s1. The van der Waals surface area contributed by atoms with Gasteiger partial charge in [0.25, 0.3) is 5.91 Å². The zero-order valence-corrected chi connectivity index (χ0v) is 18.3. The van der Waals surface area contributed by atoms with Crippen LogP contribution in [0, 0.1) is 0 Å². The van der Waals surface area contributed by atoms with Crippen LogP contribution in [0.4, 0.5) is 10.5 Å². The summed E-state index contributed by atoms with van der Waals surface area (Å²) in [5, 5.41) is 5.50. The van der Waals surface area contributed by atoms with Crippen molar-refractivity contribution in [2.45, 2.75) is 58.8 Å². The van der Waals surface area contributed by atoms with Crippen molar-refractivity contribution in [2.24, 2.45) is 0 Å². The number of hydrogen-bond acceptors (Lipinski definition) is 4. The Morgan fingerprint density at radius 1 is 1.06 bits per heavy atom. The normalized spacial score (nSPS) is 15.9. The number of carbonyl (C=O) groups excluding carboxylic acids is 3. The summed E-state index contributed by atoms with van der Waals surface area (Å²) in [6.07, 6.45) is -0.116. The molecule has 0 saturated heterocycles. The number of anilines is 1. The van der Waals surface area contributed by atoms with E-state index in [-0.39, 0.29) is 24.0 Å². The molecule has 1 aliphatic rings. The van der Waals surface area contributed by atoms with Crippen LogP contribution in [-0.4, -0.2) is 36.1 Å². The molecule has 31 heavy (non-hydrogen) atoms. The van der Waals surface area contributed by atoms with Gasteiger partial charge in [0.1, 0.15) is 0 Å². The first-order chi connectivity index (χ1) is 14.8. The Balaban J connectivity index is 1.57. The molecule has 7 heteroatoms. The van der Waals surface area contributed by atoms with E-state index in [0.717, 1.165) is 23.2 Å². The van der Waals surface area contributed by atoms with E-state index in [1.54, 1.807) is 36.1 Å². The lowest BCUT2D eigenvalue weighted by atomic mass is 10.1. The van der Waals surface area contributed by atoms with E-state index in [2.05, 4.69) is 10.6 Å². The summed E-state index contributed by atoms with van der Waals surface area (Å²) in [4.78, 5) is 38.9. The summed E-state index contributed by atoms with van der Waals surface area (Å²) >= 11 is 0. The Hall–Kier alpha value is -3.35. The average Bonchev–Trinajstić information content (AvgIpc) is 3.07. The van der Waals surface area contributed by atoms with E-state index < -0.39 is 12.1 Å². The third-order valence-corrected chi connectivity index (χ3v) is 5.14. The van der Waals surface area contributed by atoms with Gasteiger partial charge in [-0.1, -0.05) is 30.3 Å². The fraction of sp³-hybridized carbons (Fsp3) is 0.375. The lowest BCUT2D eigenvalue weighted by molar-refractivity contribution is -0.126. The molecule has 1 heterocycles. The molecule has 1 aliphatic heterocycles. The highest BCUT2D eigenvalue weighted by atomic mass is 16.5. The van der Waals surface area contributed by atoms with Crippen LogP contribution >= 0.6 is 0 Å². The van der Waals surface area contributed by atoms with Crippen LogP contribution < -0.4 is 15.5 Å². The van der Waals surface area contributed by atoms with E-state index in [4.69, 9.17) is 4.74 Å². The molecule has 2 aromatic carbocycles. The second-order valence-electron chi connectivity index (χ2n) is 8.12. The Morgan fingerprint density at radius 3 is 2.42 bits per heavy atom. The summed E-state index contributed by atoms with van der Waals surface area (Å²) < 4.78 is 5.45. The number of carbonyl (C=O) groups is 3. The van der Waals surface area contributed by atoms with Crippen LogP contribution in [0.2, 0.25) is 0 Å². The number of ether oxygens (including phenoxy) is 1. The van der Waals surface area contributed by atoms with Crippen molar-refractivity contribution in [3.05, 3.63) is 65.2 Å². The maximum atomic E-state index is 13.0. The van der Waals surface area contributed by atoms with Crippen molar-refractivity contribution in [3.8, 4) is 0 Å². The molecule has 0 radical (unpaired) electrons. The Morgan fingerprint density at radius 2 is 1.74 bits per heavy atom. The highest BCUT2D eigenvalue weighted by molar-refractivity contribution is 6.00. The monoisotopic (exact) mass is 423 g/mol. The van der Waals surface area contributed by atoms with Gasteiger partial charge >= 0.3 is 12.0 Å². The molecule has 0 fully saturated rings. The average molecular weight is 424 g/mol. The number of nitrogens with zero attached hydrogens (tertiary/aromatic N) is 1. The summed E-state index contributed by atoms with van der Waals surface area (Å²) in [7, 11) is 0. The van der Waals surface area contributed by atoms with Gasteiger partial charge < -0.3 is 20.3 Å². The van der Waals surface area contributed by atoms with Crippen LogP contribution in [0.3, 0.4) is 0 Å². The highest BCUT2D eigenvalue weighted by Crippen LogP contribution is 2.32. The third-order valence-electron chi connectivity index (χ3n) is 5.14. The minimum absolute atomic E-state index is 0.0192. The van der Waals surface area contributed by atoms with Crippen LogP contribution in [-0.2, 0) is 22.5 Å². The number of esters is 1. The van der Waals surface area contributed by atoms with Gasteiger partial charge in [-0.05, 0) is 63.4 Å². The Bertz CT molecular complexity index is 956. The first-order valence-electron chi connectivity index (χ1n) is 10.5. The summed E-state index contributed by atoms with van der Waals surface area (Å²) in [6.45, 7) is 7.69. The van der Waals surface area contributed by atoms with Crippen molar-refractivity contribution in [1.29, 1.82) is 0 Å². The Labute approximate surface area is 182 Å². The number of rotatable bonds is 6. The molecule has 2 aromatic rings. The first-order valence-corrected chi connectivity index (χ1v) is 10.5. The number of urea groups is 1. The maximum Gasteiger partial charge on any atom is 0.338 e. The SMILES string of the molecule is CC(C)NC(=O)NCc1ccc(C(=O)O[C@@H](C)C(=O)N2c3ccccc3C[C@H]2C)cc1. The molecule has 0 saturated carbocycles. The van der Waals surface area contributed by atoms with Gasteiger partial charge in [0.2, 0.25) is 0 Å². The molecule has 2 N–H and O–H groups in total. The second kappa shape index (κ2) is 9.64. The van der Waals surface area contributed by atoms with Crippen LogP contribution in [0.1, 0.15) is 49.2 Å². The van der Waals surface area contributed by atoms with Gasteiger partial charge in [0.05, 0.1) is 5.56 Å². The van der Waals surface area contributed by atoms with Crippen LogP contribution in [0.25, 0.3) is 0 Å². The maximum absolute atomic E-state index is 13.0. The molecular weight excluding hydrogens is 394 g/mol. The van der Waals surface area contributed by atoms with E-state index in [0.29, 0.717) is 12.1 Å². The predicted molar refractivity (Wildman–Crippen MR) is 119 cm³/mol. The number of amides is 3. The molecule has 3 amide bonds. The molecular formula is C24H29N3O4. The zero-order chi connectivity index (χ0) is 22.5. The second-order valence-corrected chi connectivity index (χ2v) is 8.12. The van der Waals surface area contributed by atoms with Crippen molar-refractivity contribution in [3.63, 3.8) is 0 Å². The number of nitrogens with one attached hydrogen (secondary N) is 2. The molecule has 0 unspecified atom stereocenters. The topological polar surface area (TPSA) is 87.7 Å². The zero-order valence-electron chi connectivity index (χ0n) is 18.3. The first kappa shape index (κ1) is 22.3. The summed E-state index contributed by atoms with van der Waals surface area (Å²) in [5.41, 5.74) is 3.20. The molecule has 0 aromatic heterocycles. The number of benzene rings is 2. The van der Waals surface area contributed by atoms with Crippen molar-refractivity contribution in [1.82, 2.24) is 10.6 Å². The van der Waals surface area contributed by atoms with Gasteiger partial charge in [0, 0.05) is 24.3 Å². The van der Waals surface area contributed by atoms with Gasteiger partial charge in [0.15, 0.2) is 6.10 Å². The molecule has 7 nitrogen and oxygen atoms in total. The lowest BCUT2D eigenvalue weighted by Gasteiger charge is -2.26. The number of fused-ring (bicyclic) bond motifs is 1. The van der Waals surface area contributed by atoms with Gasteiger partial charge in [-0.2, -0.15) is 0 Å². The molecule has 0 spiro atoms. The molecule has 0 bridgehead atoms. The van der Waals surface area contributed by atoms with Crippen molar-refractivity contribution < 1.29 is 19.1 Å². The highest BCUT2D eigenvalue weighted by Gasteiger charge is 2.34. The summed E-state index contributed by atoms with van der Waals surface area (Å²) in [6, 6.07) is 14.4. The fourth-order valence-electron chi connectivity index (χ4n) is 3.63. The number of hydrogen-bond donors (Lipinski definition) is 2. The predicted octanol–water partition coefficient (Wildman–Crippen LogP) is 3.42. The smallest absolute Gasteiger partial charge is 0.338 e. The van der Waals surface area contributed by atoms with Crippen LogP contribution in [0.5, 0.6) is 0 Å². The lowest BCUT2D eigenvalue weighted by Crippen LogP contribution is -2.43. The van der Waals surface area contributed by atoms with E-state index in [1.165, 1.54) is 0 Å². The van der Waals surface area contributed by atoms with E-state index in [9.17, 15) is 14.4 Å². The third kappa shape index (κ3) is 5.42. The van der Waals surface area contributed by atoms with Gasteiger partial charge in [-0.3, -0.25) is 4.79 Å². The van der Waals surface area contributed by atoms with Gasteiger partial charge in [-0.15, -0.1) is 0 Å². The summed E-state index contributed by atoms with van der Waals surface area (Å²) in [5.74, 6) is -0.791. The molecule has 2 atom stereocenters. The van der Waals surface area contributed by atoms with Crippen molar-refractivity contribution >= 4 is 23.6 Å². The van der Waals surface area contributed by atoms with Gasteiger partial charge in [-0.25, -0.2) is 9.59 Å². The minimum Gasteiger partial charge on any atom is -0.449 e. The van der Waals surface area contributed by atoms with Crippen LogP contribution in [0.15, 0.2) is 48.5 Å². The van der Waals surface area contributed by atoms with E-state index >= 15 is 0 Å². The Kier molecular flexibility index (Phi) is 6.95. The van der Waals surface area contributed by atoms with E-state index in [1.807, 2.05) is 45.0 Å².